The lowest BCUT2D eigenvalue weighted by molar-refractivity contribution is -0.120. The third-order valence-electron chi connectivity index (χ3n) is 3.27. The van der Waals surface area contributed by atoms with E-state index in [1.54, 1.807) is 20.3 Å². The highest BCUT2D eigenvalue weighted by atomic mass is 16.1. The fourth-order valence-electron chi connectivity index (χ4n) is 1.82. The second-order valence-corrected chi connectivity index (χ2v) is 5.51. The minimum absolute atomic E-state index is 0.0942. The van der Waals surface area contributed by atoms with Gasteiger partial charge in [-0.1, -0.05) is 69.7 Å². The van der Waals surface area contributed by atoms with E-state index >= 15 is 0 Å². The zero-order valence-electron chi connectivity index (χ0n) is 19.0. The third-order valence-corrected chi connectivity index (χ3v) is 3.27. The molecule has 0 aliphatic carbocycles. The standard InChI is InChI=1S/C10H16N2O.C10H14.C2H5NO.C2H6/c1-11-9-7-5-3-4-6-8-10(13)12-2;1-2-3-7-10-8-5-4-6-9-10;1-3-2-4;1-2/h3,5,7,9H,1,4,6,8H2,2H3,(H,12,13);4-6,8-9H,2-3,7H2,1H3;2H,1H3,(H,3,4);1-2H3/b5-3-,9-7-;;;. The monoisotopic (exact) mass is 403 g/mol. The Bertz CT molecular complexity index is 526. The van der Waals surface area contributed by atoms with E-state index in [9.17, 15) is 4.79 Å². The lowest BCUT2D eigenvalue weighted by atomic mass is 10.1. The van der Waals surface area contributed by atoms with Gasteiger partial charge in [-0.05, 0) is 44.0 Å². The molecule has 0 unspecified atom stereocenters. The fourth-order valence-corrected chi connectivity index (χ4v) is 1.82. The number of nitrogens with one attached hydrogen (secondary N) is 2. The summed E-state index contributed by atoms with van der Waals surface area (Å²) >= 11 is 0. The van der Waals surface area contributed by atoms with Crippen LogP contribution in [-0.2, 0) is 16.0 Å². The first-order valence-corrected chi connectivity index (χ1v) is 10.3. The average molecular weight is 404 g/mol. The number of carbonyl (C=O) groups excluding carboxylic acids is 2. The Labute approximate surface area is 178 Å². The molecule has 1 aromatic rings. The predicted molar refractivity (Wildman–Crippen MR) is 127 cm³/mol. The van der Waals surface area contributed by atoms with Crippen molar-refractivity contribution in [2.75, 3.05) is 14.1 Å². The van der Waals surface area contributed by atoms with Crippen molar-refractivity contribution in [3.8, 4) is 0 Å². The van der Waals surface area contributed by atoms with Gasteiger partial charge in [0.2, 0.25) is 12.3 Å². The molecule has 0 saturated heterocycles. The highest BCUT2D eigenvalue weighted by molar-refractivity contribution is 5.75. The molecule has 0 atom stereocenters. The van der Waals surface area contributed by atoms with Crippen molar-refractivity contribution in [1.82, 2.24) is 10.6 Å². The number of nitrogens with zero attached hydrogens (tertiary/aromatic N) is 1. The lowest BCUT2D eigenvalue weighted by Crippen LogP contribution is -2.16. The van der Waals surface area contributed by atoms with Crippen molar-refractivity contribution in [3.05, 3.63) is 60.3 Å². The molecule has 29 heavy (non-hydrogen) atoms. The summed E-state index contributed by atoms with van der Waals surface area (Å²) in [6.07, 6.45) is 14.2. The predicted octanol–water partition coefficient (Wildman–Crippen LogP) is 5.09. The molecule has 2 N–H and O–H groups in total. The van der Waals surface area contributed by atoms with E-state index < -0.39 is 0 Å². The summed E-state index contributed by atoms with van der Waals surface area (Å²) in [5.41, 5.74) is 1.46. The van der Waals surface area contributed by atoms with Crippen LogP contribution in [0, 0.1) is 0 Å². The molecular formula is C24H41N3O2. The largest absolute Gasteiger partial charge is 0.362 e. The summed E-state index contributed by atoms with van der Waals surface area (Å²) in [7, 11) is 3.21. The van der Waals surface area contributed by atoms with E-state index in [1.165, 1.54) is 24.8 Å². The number of unbranched alkanes of at least 4 members (excludes halogenated alkanes) is 2. The van der Waals surface area contributed by atoms with Crippen molar-refractivity contribution >= 4 is 19.0 Å². The van der Waals surface area contributed by atoms with E-state index in [0.717, 1.165) is 12.8 Å². The quantitative estimate of drug-likeness (QED) is 0.247. The Morgan fingerprint density at radius 2 is 1.72 bits per heavy atom. The van der Waals surface area contributed by atoms with Crippen LogP contribution in [0.1, 0.15) is 58.4 Å². The summed E-state index contributed by atoms with van der Waals surface area (Å²) in [6.45, 7) is 9.53. The van der Waals surface area contributed by atoms with Crippen LogP contribution in [-0.4, -0.2) is 33.1 Å². The Morgan fingerprint density at radius 1 is 1.10 bits per heavy atom. The molecule has 0 aliphatic heterocycles. The summed E-state index contributed by atoms with van der Waals surface area (Å²) in [5, 5.41) is 4.83. The summed E-state index contributed by atoms with van der Waals surface area (Å²) in [6, 6.07) is 10.6. The molecule has 0 fully saturated rings. The van der Waals surface area contributed by atoms with E-state index in [1.807, 2.05) is 32.1 Å². The molecule has 0 radical (unpaired) electrons. The molecule has 1 rings (SSSR count). The van der Waals surface area contributed by atoms with Gasteiger partial charge in [-0.2, -0.15) is 0 Å². The SMILES string of the molecule is C=N/C=C\C=C/CCCC(=O)NC.CC.CCCCc1ccccc1.CNC=O. The van der Waals surface area contributed by atoms with Gasteiger partial charge in [0.1, 0.15) is 0 Å². The number of aryl methyl sites for hydroxylation is 1. The van der Waals surface area contributed by atoms with E-state index in [4.69, 9.17) is 4.79 Å². The van der Waals surface area contributed by atoms with Crippen LogP contribution in [0.2, 0.25) is 0 Å². The van der Waals surface area contributed by atoms with Crippen molar-refractivity contribution in [1.29, 1.82) is 0 Å². The van der Waals surface area contributed by atoms with Crippen LogP contribution >= 0.6 is 0 Å². The van der Waals surface area contributed by atoms with Gasteiger partial charge in [-0.25, -0.2) is 0 Å². The molecule has 2 amide bonds. The van der Waals surface area contributed by atoms with Gasteiger partial charge in [-0.3, -0.25) is 14.6 Å². The van der Waals surface area contributed by atoms with Crippen LogP contribution < -0.4 is 10.6 Å². The van der Waals surface area contributed by atoms with Crippen molar-refractivity contribution in [2.45, 2.75) is 59.3 Å². The molecular weight excluding hydrogens is 362 g/mol. The topological polar surface area (TPSA) is 70.6 Å². The third kappa shape index (κ3) is 30.3. The number of carbonyl (C=O) groups is 2. The Balaban J connectivity index is -0.000000373. The Hall–Kier alpha value is -2.69. The molecule has 5 nitrogen and oxygen atoms in total. The molecule has 5 heteroatoms. The number of aliphatic imine (C=N–C) groups is 1. The summed E-state index contributed by atoms with van der Waals surface area (Å²) < 4.78 is 0. The van der Waals surface area contributed by atoms with Gasteiger partial charge in [0.05, 0.1) is 0 Å². The number of benzene rings is 1. The minimum atomic E-state index is 0.0942. The van der Waals surface area contributed by atoms with Crippen LogP contribution in [0.25, 0.3) is 0 Å². The first kappa shape index (κ1) is 31.0. The van der Waals surface area contributed by atoms with Gasteiger partial charge in [0.15, 0.2) is 0 Å². The second-order valence-electron chi connectivity index (χ2n) is 5.51. The molecule has 0 bridgehead atoms. The smallest absolute Gasteiger partial charge is 0.219 e. The maximum atomic E-state index is 10.8. The van der Waals surface area contributed by atoms with Crippen molar-refractivity contribution in [3.63, 3.8) is 0 Å². The highest BCUT2D eigenvalue weighted by Gasteiger charge is 1.93. The Kier molecular flexibility index (Phi) is 32.1. The molecule has 0 saturated carbocycles. The van der Waals surface area contributed by atoms with Crippen LogP contribution in [0.3, 0.4) is 0 Å². The normalized spacial score (nSPS) is 9.14. The first-order chi connectivity index (χ1) is 14.2. The number of rotatable bonds is 10. The van der Waals surface area contributed by atoms with Gasteiger partial charge in [-0.15, -0.1) is 0 Å². The van der Waals surface area contributed by atoms with Crippen LogP contribution in [0.15, 0.2) is 59.8 Å². The zero-order valence-corrected chi connectivity index (χ0v) is 19.0. The van der Waals surface area contributed by atoms with Gasteiger partial charge < -0.3 is 10.6 Å². The second kappa shape index (κ2) is 30.1. The first-order valence-electron chi connectivity index (χ1n) is 10.3. The number of amides is 2. The number of hydrogen-bond acceptors (Lipinski definition) is 3. The lowest BCUT2D eigenvalue weighted by Gasteiger charge is -1.96. The zero-order chi connectivity index (χ0) is 22.6. The molecule has 1 aromatic carbocycles. The Morgan fingerprint density at radius 3 is 2.21 bits per heavy atom. The molecule has 0 aliphatic rings. The highest BCUT2D eigenvalue weighted by Crippen LogP contribution is 2.03. The van der Waals surface area contributed by atoms with E-state index in [-0.39, 0.29) is 5.91 Å². The van der Waals surface area contributed by atoms with Crippen LogP contribution in [0.5, 0.6) is 0 Å². The molecule has 0 spiro atoms. The van der Waals surface area contributed by atoms with Gasteiger partial charge in [0.25, 0.3) is 0 Å². The average Bonchev–Trinajstić information content (AvgIpc) is 2.79. The number of hydrogen-bond donors (Lipinski definition) is 2. The maximum Gasteiger partial charge on any atom is 0.219 e. The molecule has 0 heterocycles. The minimum Gasteiger partial charge on any atom is -0.362 e. The van der Waals surface area contributed by atoms with E-state index in [0.29, 0.717) is 12.8 Å². The van der Waals surface area contributed by atoms with Crippen molar-refractivity contribution in [2.24, 2.45) is 4.99 Å². The van der Waals surface area contributed by atoms with E-state index in [2.05, 4.69) is 59.6 Å². The maximum absolute atomic E-state index is 10.8. The van der Waals surface area contributed by atoms with Gasteiger partial charge in [0, 0.05) is 26.7 Å². The molecule has 164 valence electrons. The fraction of sp³-hybridized carbons (Fsp3) is 0.458. The molecule has 0 aromatic heterocycles. The number of allylic oxidation sites excluding steroid dienone is 3. The van der Waals surface area contributed by atoms with Crippen LogP contribution in [0.4, 0.5) is 0 Å². The summed E-state index contributed by atoms with van der Waals surface area (Å²) in [5.74, 6) is 0.0942. The van der Waals surface area contributed by atoms with Crippen molar-refractivity contribution < 1.29 is 9.59 Å². The summed E-state index contributed by atoms with van der Waals surface area (Å²) in [4.78, 5) is 23.4. The van der Waals surface area contributed by atoms with Gasteiger partial charge >= 0.3 is 0 Å².